The normalized spacial score (nSPS) is 10.6. The maximum atomic E-state index is 11.9. The topological polar surface area (TPSA) is 63.2 Å². The molecular weight excluding hydrogens is 254 g/mol. The molecule has 0 aliphatic carbocycles. The first-order chi connectivity index (χ1) is 9.63. The van der Waals surface area contributed by atoms with E-state index in [0.717, 1.165) is 25.1 Å². The maximum absolute atomic E-state index is 11.9. The van der Waals surface area contributed by atoms with Gasteiger partial charge < -0.3 is 15.4 Å². The number of methoxy groups -OCH3 is 1. The van der Waals surface area contributed by atoms with Gasteiger partial charge in [-0.25, -0.2) is 0 Å². The monoisotopic (exact) mass is 279 g/mol. The number of carbonyl (C=O) groups is 1. The van der Waals surface area contributed by atoms with E-state index in [9.17, 15) is 4.79 Å². The van der Waals surface area contributed by atoms with Crippen LogP contribution in [0.2, 0.25) is 0 Å². The summed E-state index contributed by atoms with van der Waals surface area (Å²) in [6.07, 6.45) is 5.22. The van der Waals surface area contributed by atoms with Crippen LogP contribution < -0.4 is 10.6 Å². The van der Waals surface area contributed by atoms with Crippen molar-refractivity contribution < 1.29 is 9.53 Å². The molecule has 0 saturated heterocycles. The lowest BCUT2D eigenvalue weighted by Crippen LogP contribution is -2.25. The Morgan fingerprint density at radius 2 is 2.15 bits per heavy atom. The fourth-order valence-corrected chi connectivity index (χ4v) is 1.69. The number of anilines is 1. The zero-order valence-corrected chi connectivity index (χ0v) is 12.6. The van der Waals surface area contributed by atoms with Gasteiger partial charge in [-0.2, -0.15) is 0 Å². The van der Waals surface area contributed by atoms with Gasteiger partial charge in [-0.1, -0.05) is 13.8 Å². The number of carbonyl (C=O) groups excluding carboxylic acids is 1. The Morgan fingerprint density at radius 1 is 1.35 bits per heavy atom. The third-order valence-corrected chi connectivity index (χ3v) is 2.86. The summed E-state index contributed by atoms with van der Waals surface area (Å²) in [5.41, 5.74) is 1.46. The summed E-state index contributed by atoms with van der Waals surface area (Å²) in [5, 5.41) is 6.13. The maximum Gasteiger partial charge on any atom is 0.252 e. The van der Waals surface area contributed by atoms with Crippen LogP contribution in [0.3, 0.4) is 0 Å². The molecule has 0 fully saturated rings. The molecule has 1 heterocycles. The van der Waals surface area contributed by atoms with Gasteiger partial charge in [-0.15, -0.1) is 0 Å². The van der Waals surface area contributed by atoms with Gasteiger partial charge in [0.05, 0.1) is 11.3 Å². The second-order valence-electron chi connectivity index (χ2n) is 5.17. The van der Waals surface area contributed by atoms with Crippen molar-refractivity contribution in [2.75, 3.05) is 32.1 Å². The Kier molecular flexibility index (Phi) is 7.65. The lowest BCUT2D eigenvalue weighted by atomic mass is 10.1. The second-order valence-corrected chi connectivity index (χ2v) is 5.17. The molecule has 0 spiro atoms. The highest BCUT2D eigenvalue weighted by Crippen LogP contribution is 2.09. The molecule has 1 aromatic heterocycles. The second kappa shape index (κ2) is 9.31. The van der Waals surface area contributed by atoms with E-state index in [-0.39, 0.29) is 5.91 Å². The molecule has 5 heteroatoms. The van der Waals surface area contributed by atoms with Crippen molar-refractivity contribution in [3.05, 3.63) is 24.0 Å². The average Bonchev–Trinajstić information content (AvgIpc) is 2.43. The lowest BCUT2D eigenvalue weighted by molar-refractivity contribution is 0.0948. The number of nitrogens with zero attached hydrogens (tertiary/aromatic N) is 1. The summed E-state index contributed by atoms with van der Waals surface area (Å²) < 4.78 is 4.94. The number of nitrogens with one attached hydrogen (secondary N) is 2. The van der Waals surface area contributed by atoms with E-state index in [4.69, 9.17) is 4.74 Å². The molecule has 1 aromatic rings. The number of rotatable bonds is 9. The predicted octanol–water partition coefficient (Wildman–Crippen LogP) is 2.31. The molecular formula is C15H25N3O2. The minimum Gasteiger partial charge on any atom is -0.385 e. The quantitative estimate of drug-likeness (QED) is 0.681. The highest BCUT2D eigenvalue weighted by atomic mass is 16.5. The number of hydrogen-bond acceptors (Lipinski definition) is 4. The molecule has 0 aromatic carbocycles. The lowest BCUT2D eigenvalue weighted by Gasteiger charge is -2.09. The zero-order chi connectivity index (χ0) is 14.8. The standard InChI is InChI=1S/C15H25N3O2/c1-12(2)5-7-17-14-9-13(10-16-11-14)15(19)18-6-4-8-20-3/h9-12,17H,4-8H2,1-3H3,(H,18,19). The molecule has 0 saturated carbocycles. The molecule has 5 nitrogen and oxygen atoms in total. The molecule has 0 radical (unpaired) electrons. The summed E-state index contributed by atoms with van der Waals surface area (Å²) in [4.78, 5) is 16.0. The van der Waals surface area contributed by atoms with Crippen molar-refractivity contribution >= 4 is 11.6 Å². The fourth-order valence-electron chi connectivity index (χ4n) is 1.69. The molecule has 0 unspecified atom stereocenters. The Balaban J connectivity index is 2.43. The van der Waals surface area contributed by atoms with Crippen LogP contribution in [0.1, 0.15) is 37.0 Å². The van der Waals surface area contributed by atoms with Gasteiger partial charge in [0.15, 0.2) is 0 Å². The van der Waals surface area contributed by atoms with Gasteiger partial charge in [-0.05, 0) is 24.8 Å². The molecule has 1 rings (SSSR count). The van der Waals surface area contributed by atoms with Gasteiger partial charge >= 0.3 is 0 Å². The van der Waals surface area contributed by atoms with E-state index in [1.165, 1.54) is 0 Å². The van der Waals surface area contributed by atoms with E-state index in [0.29, 0.717) is 24.6 Å². The summed E-state index contributed by atoms with van der Waals surface area (Å²) in [6, 6.07) is 1.83. The van der Waals surface area contributed by atoms with Gasteiger partial charge in [0, 0.05) is 39.2 Å². The fraction of sp³-hybridized carbons (Fsp3) is 0.600. The van der Waals surface area contributed by atoms with Crippen LogP contribution in [-0.2, 0) is 4.74 Å². The molecule has 0 atom stereocenters. The van der Waals surface area contributed by atoms with Crippen molar-refractivity contribution in [3.8, 4) is 0 Å². The predicted molar refractivity (Wildman–Crippen MR) is 81.0 cm³/mol. The largest absolute Gasteiger partial charge is 0.385 e. The molecule has 0 bridgehead atoms. The molecule has 20 heavy (non-hydrogen) atoms. The molecule has 112 valence electrons. The van der Waals surface area contributed by atoms with Crippen LogP contribution in [0.15, 0.2) is 18.5 Å². The van der Waals surface area contributed by atoms with E-state index in [1.807, 2.05) is 6.07 Å². The van der Waals surface area contributed by atoms with E-state index < -0.39 is 0 Å². The minimum absolute atomic E-state index is 0.0962. The van der Waals surface area contributed by atoms with Gasteiger partial charge in [0.25, 0.3) is 5.91 Å². The Hall–Kier alpha value is -1.62. The first kappa shape index (κ1) is 16.4. The van der Waals surface area contributed by atoms with Crippen LogP contribution in [-0.4, -0.2) is 37.7 Å². The summed E-state index contributed by atoms with van der Waals surface area (Å²) in [6.45, 7) is 6.51. The van der Waals surface area contributed by atoms with E-state index in [2.05, 4.69) is 29.5 Å². The Labute approximate surface area is 121 Å². The van der Waals surface area contributed by atoms with Crippen molar-refractivity contribution in [1.82, 2.24) is 10.3 Å². The summed E-state index contributed by atoms with van der Waals surface area (Å²) in [5.74, 6) is 0.559. The Morgan fingerprint density at radius 3 is 2.85 bits per heavy atom. The van der Waals surface area contributed by atoms with E-state index >= 15 is 0 Å². The van der Waals surface area contributed by atoms with Crippen molar-refractivity contribution in [3.63, 3.8) is 0 Å². The number of hydrogen-bond donors (Lipinski definition) is 2. The third-order valence-electron chi connectivity index (χ3n) is 2.86. The highest BCUT2D eigenvalue weighted by Gasteiger charge is 2.06. The number of amides is 1. The molecule has 1 amide bonds. The van der Waals surface area contributed by atoms with Gasteiger partial charge in [-0.3, -0.25) is 9.78 Å². The summed E-state index contributed by atoms with van der Waals surface area (Å²) in [7, 11) is 1.65. The first-order valence-electron chi connectivity index (χ1n) is 7.09. The van der Waals surface area contributed by atoms with Crippen molar-refractivity contribution in [2.24, 2.45) is 5.92 Å². The van der Waals surface area contributed by atoms with Gasteiger partial charge in [0.1, 0.15) is 0 Å². The van der Waals surface area contributed by atoms with Crippen LogP contribution in [0.5, 0.6) is 0 Å². The zero-order valence-electron chi connectivity index (χ0n) is 12.6. The van der Waals surface area contributed by atoms with Crippen LogP contribution in [0.25, 0.3) is 0 Å². The van der Waals surface area contributed by atoms with Crippen LogP contribution in [0, 0.1) is 5.92 Å². The van der Waals surface area contributed by atoms with E-state index in [1.54, 1.807) is 19.5 Å². The molecule has 0 aliphatic heterocycles. The first-order valence-corrected chi connectivity index (χ1v) is 7.09. The third kappa shape index (κ3) is 6.52. The average molecular weight is 279 g/mol. The van der Waals surface area contributed by atoms with Crippen LogP contribution in [0.4, 0.5) is 5.69 Å². The van der Waals surface area contributed by atoms with Crippen LogP contribution >= 0.6 is 0 Å². The van der Waals surface area contributed by atoms with Crippen molar-refractivity contribution in [2.45, 2.75) is 26.7 Å². The molecule has 0 aliphatic rings. The van der Waals surface area contributed by atoms with Gasteiger partial charge in [0.2, 0.25) is 0 Å². The highest BCUT2D eigenvalue weighted by molar-refractivity contribution is 5.94. The van der Waals surface area contributed by atoms with Crippen molar-refractivity contribution in [1.29, 1.82) is 0 Å². The SMILES string of the molecule is COCCCNC(=O)c1cncc(NCCC(C)C)c1. The number of pyridine rings is 1. The number of aromatic nitrogens is 1. The summed E-state index contributed by atoms with van der Waals surface area (Å²) >= 11 is 0. The minimum atomic E-state index is -0.0962. The smallest absolute Gasteiger partial charge is 0.252 e. The Bertz CT molecular complexity index is 408. The number of ether oxygens (including phenoxy) is 1. The molecule has 2 N–H and O–H groups in total.